The Morgan fingerprint density at radius 2 is 2.05 bits per heavy atom. The molecule has 1 aliphatic carbocycles. The number of aliphatic hydroxyl groups is 1. The van der Waals surface area contributed by atoms with Crippen LogP contribution in [0.25, 0.3) is 0 Å². The zero-order valence-electron chi connectivity index (χ0n) is 12.9. The summed E-state index contributed by atoms with van der Waals surface area (Å²) in [6.45, 7) is 10.2. The minimum absolute atomic E-state index is 0.173. The zero-order valence-corrected chi connectivity index (χ0v) is 12.9. The molecule has 1 rings (SSSR count). The van der Waals surface area contributed by atoms with Crippen LogP contribution in [0.5, 0.6) is 0 Å². The highest BCUT2D eigenvalue weighted by molar-refractivity contribution is 5.68. The van der Waals surface area contributed by atoms with Gasteiger partial charge in [0.1, 0.15) is 5.60 Å². The van der Waals surface area contributed by atoms with Gasteiger partial charge in [0.05, 0.1) is 0 Å². The number of amides is 1. The molecular weight excluding hydrogens is 242 g/mol. The number of carbonyl (C=O) groups excluding carboxylic acids is 1. The number of hydrogen-bond acceptors (Lipinski definition) is 3. The summed E-state index contributed by atoms with van der Waals surface area (Å²) in [5.41, 5.74) is -0.458. The third-order valence-electron chi connectivity index (χ3n) is 3.42. The summed E-state index contributed by atoms with van der Waals surface area (Å²) in [5, 5.41) is 12.0. The molecule has 3 atom stereocenters. The number of ether oxygens (including phenoxy) is 1. The Kier molecular flexibility index (Phi) is 5.65. The molecule has 0 bridgehead atoms. The number of aliphatic hydroxyl groups excluding tert-OH is 1. The van der Waals surface area contributed by atoms with E-state index in [9.17, 15) is 4.79 Å². The van der Waals surface area contributed by atoms with Crippen LogP contribution < -0.4 is 5.32 Å². The number of hydrogen-bond donors (Lipinski definition) is 2. The predicted molar refractivity (Wildman–Crippen MR) is 75.9 cm³/mol. The van der Waals surface area contributed by atoms with E-state index in [2.05, 4.69) is 19.2 Å². The Labute approximate surface area is 116 Å². The van der Waals surface area contributed by atoms with Gasteiger partial charge in [-0.05, 0) is 57.8 Å². The van der Waals surface area contributed by atoms with E-state index in [0.29, 0.717) is 17.8 Å². The molecule has 1 saturated carbocycles. The second-order valence-corrected chi connectivity index (χ2v) is 7.05. The Morgan fingerprint density at radius 1 is 1.42 bits per heavy atom. The lowest BCUT2D eigenvalue weighted by Crippen LogP contribution is -2.41. The SMILES string of the molecule is CC(C)C[C@H](NC(=O)OC(C)(C)C)C1CC1CCO. The lowest BCUT2D eigenvalue weighted by molar-refractivity contribution is 0.0489. The van der Waals surface area contributed by atoms with Crippen LogP contribution in [0.3, 0.4) is 0 Å². The van der Waals surface area contributed by atoms with E-state index >= 15 is 0 Å². The molecule has 0 spiro atoms. The first-order chi connectivity index (χ1) is 8.73. The van der Waals surface area contributed by atoms with Gasteiger partial charge in [-0.15, -0.1) is 0 Å². The molecule has 1 amide bonds. The largest absolute Gasteiger partial charge is 0.444 e. The van der Waals surface area contributed by atoms with Crippen LogP contribution in [-0.2, 0) is 4.74 Å². The molecule has 0 heterocycles. The quantitative estimate of drug-likeness (QED) is 0.781. The molecule has 0 aromatic carbocycles. The normalized spacial score (nSPS) is 24.2. The first-order valence-electron chi connectivity index (χ1n) is 7.33. The van der Waals surface area contributed by atoms with Gasteiger partial charge < -0.3 is 15.2 Å². The standard InChI is InChI=1S/C15H29NO3/c1-10(2)8-13(12-9-11(12)6-7-17)16-14(18)19-15(3,4)5/h10-13,17H,6-9H2,1-5H3,(H,16,18)/t11?,12?,13-/m0/s1. The van der Waals surface area contributed by atoms with Gasteiger partial charge in [0.15, 0.2) is 0 Å². The van der Waals surface area contributed by atoms with Crippen molar-refractivity contribution >= 4 is 6.09 Å². The molecule has 0 saturated heterocycles. The van der Waals surface area contributed by atoms with E-state index in [1.165, 1.54) is 0 Å². The maximum atomic E-state index is 11.9. The molecule has 0 aromatic rings. The van der Waals surface area contributed by atoms with Crippen molar-refractivity contribution in [2.45, 2.75) is 65.5 Å². The fourth-order valence-corrected chi connectivity index (χ4v) is 2.57. The maximum Gasteiger partial charge on any atom is 0.407 e. The average Bonchev–Trinajstić information content (AvgIpc) is 2.92. The predicted octanol–water partition coefficient (Wildman–Crippen LogP) is 2.94. The van der Waals surface area contributed by atoms with Crippen LogP contribution in [0.1, 0.15) is 53.9 Å². The van der Waals surface area contributed by atoms with Crippen LogP contribution >= 0.6 is 0 Å². The van der Waals surface area contributed by atoms with E-state index < -0.39 is 5.60 Å². The van der Waals surface area contributed by atoms with Gasteiger partial charge in [0.2, 0.25) is 0 Å². The molecule has 112 valence electrons. The first-order valence-corrected chi connectivity index (χ1v) is 7.33. The minimum atomic E-state index is -0.458. The second-order valence-electron chi connectivity index (χ2n) is 7.05. The lowest BCUT2D eigenvalue weighted by atomic mass is 9.98. The number of rotatable bonds is 6. The molecule has 1 fully saturated rings. The molecule has 19 heavy (non-hydrogen) atoms. The first kappa shape index (κ1) is 16.3. The van der Waals surface area contributed by atoms with Crippen molar-refractivity contribution in [2.75, 3.05) is 6.61 Å². The summed E-state index contributed by atoms with van der Waals surface area (Å²) in [6.07, 6.45) is 2.59. The minimum Gasteiger partial charge on any atom is -0.444 e. The highest BCUT2D eigenvalue weighted by Gasteiger charge is 2.43. The molecule has 0 aromatic heterocycles. The van der Waals surface area contributed by atoms with Gasteiger partial charge in [-0.3, -0.25) is 0 Å². The van der Waals surface area contributed by atoms with Crippen LogP contribution in [0, 0.1) is 17.8 Å². The topological polar surface area (TPSA) is 58.6 Å². The van der Waals surface area contributed by atoms with Gasteiger partial charge in [-0.2, -0.15) is 0 Å². The van der Waals surface area contributed by atoms with Crippen molar-refractivity contribution in [3.05, 3.63) is 0 Å². The highest BCUT2D eigenvalue weighted by Crippen LogP contribution is 2.45. The molecule has 0 aliphatic heterocycles. The average molecular weight is 271 g/mol. The van der Waals surface area contributed by atoms with E-state index in [1.54, 1.807) is 0 Å². The Bertz CT molecular complexity index is 296. The molecule has 1 aliphatic rings. The van der Waals surface area contributed by atoms with E-state index in [4.69, 9.17) is 9.84 Å². The number of alkyl carbamates (subject to hydrolysis) is 1. The van der Waals surface area contributed by atoms with Crippen LogP contribution in [-0.4, -0.2) is 29.4 Å². The second kappa shape index (κ2) is 6.60. The molecule has 4 nitrogen and oxygen atoms in total. The van der Waals surface area contributed by atoms with Crippen molar-refractivity contribution in [1.82, 2.24) is 5.32 Å². The van der Waals surface area contributed by atoms with Crippen LogP contribution in [0.15, 0.2) is 0 Å². The Hall–Kier alpha value is -0.770. The number of nitrogens with one attached hydrogen (secondary N) is 1. The monoisotopic (exact) mass is 271 g/mol. The van der Waals surface area contributed by atoms with Crippen molar-refractivity contribution < 1.29 is 14.6 Å². The van der Waals surface area contributed by atoms with Crippen molar-refractivity contribution in [3.8, 4) is 0 Å². The third kappa shape index (κ3) is 6.28. The Balaban J connectivity index is 2.49. The van der Waals surface area contributed by atoms with Gasteiger partial charge in [0.25, 0.3) is 0 Å². The summed E-state index contributed by atoms with van der Waals surface area (Å²) < 4.78 is 5.32. The zero-order chi connectivity index (χ0) is 14.6. The van der Waals surface area contributed by atoms with Crippen molar-refractivity contribution in [2.24, 2.45) is 17.8 Å². The summed E-state index contributed by atoms with van der Waals surface area (Å²) >= 11 is 0. The molecular formula is C15H29NO3. The van der Waals surface area contributed by atoms with Crippen LogP contribution in [0.4, 0.5) is 4.79 Å². The van der Waals surface area contributed by atoms with Gasteiger partial charge in [-0.1, -0.05) is 13.8 Å². The smallest absolute Gasteiger partial charge is 0.407 e. The Morgan fingerprint density at radius 3 is 2.53 bits per heavy atom. The highest BCUT2D eigenvalue weighted by atomic mass is 16.6. The maximum absolute atomic E-state index is 11.9. The van der Waals surface area contributed by atoms with Crippen molar-refractivity contribution in [1.29, 1.82) is 0 Å². The van der Waals surface area contributed by atoms with Crippen molar-refractivity contribution in [3.63, 3.8) is 0 Å². The van der Waals surface area contributed by atoms with E-state index in [0.717, 1.165) is 19.3 Å². The van der Waals surface area contributed by atoms with Crippen LogP contribution in [0.2, 0.25) is 0 Å². The molecule has 2 unspecified atom stereocenters. The summed E-state index contributed by atoms with van der Waals surface area (Å²) in [4.78, 5) is 11.9. The van der Waals surface area contributed by atoms with Gasteiger partial charge in [-0.25, -0.2) is 4.79 Å². The molecule has 0 radical (unpaired) electrons. The molecule has 2 N–H and O–H groups in total. The number of carbonyl (C=O) groups is 1. The summed E-state index contributed by atoms with van der Waals surface area (Å²) in [5.74, 6) is 1.60. The van der Waals surface area contributed by atoms with Gasteiger partial charge >= 0.3 is 6.09 Å². The van der Waals surface area contributed by atoms with E-state index in [-0.39, 0.29) is 18.7 Å². The fourth-order valence-electron chi connectivity index (χ4n) is 2.57. The summed E-state index contributed by atoms with van der Waals surface area (Å²) in [7, 11) is 0. The fraction of sp³-hybridized carbons (Fsp3) is 0.933. The van der Waals surface area contributed by atoms with Gasteiger partial charge in [0, 0.05) is 12.6 Å². The molecule has 4 heteroatoms. The van der Waals surface area contributed by atoms with E-state index in [1.807, 2.05) is 20.8 Å². The lowest BCUT2D eigenvalue weighted by Gasteiger charge is -2.25. The third-order valence-corrected chi connectivity index (χ3v) is 3.42. The summed E-state index contributed by atoms with van der Waals surface area (Å²) in [6, 6.07) is 0.173.